The van der Waals surface area contributed by atoms with Crippen LogP contribution in [0, 0.1) is 0 Å². The smallest absolute Gasteiger partial charge is 0.307 e. The molecule has 0 bridgehead atoms. The zero-order valence-corrected chi connectivity index (χ0v) is 11.4. The first-order chi connectivity index (χ1) is 8.95. The number of amides is 3. The van der Waals surface area contributed by atoms with E-state index in [9.17, 15) is 19.2 Å². The zero-order valence-electron chi connectivity index (χ0n) is 10.6. The van der Waals surface area contributed by atoms with Crippen LogP contribution in [-0.4, -0.2) is 46.3 Å². The molecule has 3 amide bonds. The lowest BCUT2D eigenvalue weighted by Crippen LogP contribution is -2.39. The van der Waals surface area contributed by atoms with Crippen molar-refractivity contribution >= 4 is 34.8 Å². The largest absolute Gasteiger partial charge is 0.466 e. The summed E-state index contributed by atoms with van der Waals surface area (Å²) in [6, 6.07) is 0. The van der Waals surface area contributed by atoms with E-state index in [1.54, 1.807) is 0 Å². The Balaban J connectivity index is 2.48. The van der Waals surface area contributed by atoms with Gasteiger partial charge in [0.25, 0.3) is 5.24 Å². The van der Waals surface area contributed by atoms with E-state index in [2.05, 4.69) is 0 Å². The quantitative estimate of drug-likeness (QED) is 0.532. The van der Waals surface area contributed by atoms with E-state index in [4.69, 9.17) is 10.5 Å². The van der Waals surface area contributed by atoms with Gasteiger partial charge in [0.15, 0.2) is 0 Å². The van der Waals surface area contributed by atoms with Gasteiger partial charge in [-0.15, -0.1) is 0 Å². The summed E-state index contributed by atoms with van der Waals surface area (Å²) >= 11 is 0.720. The number of thioether (sulfide) groups is 1. The fourth-order valence-corrected chi connectivity index (χ4v) is 2.44. The van der Waals surface area contributed by atoms with Gasteiger partial charge in [-0.25, -0.2) is 0 Å². The Hall–Kier alpha value is -1.57. The molecular weight excluding hydrogens is 272 g/mol. The monoisotopic (exact) mass is 288 g/mol. The number of rotatable bonds is 7. The number of unbranched alkanes of at least 4 members (excludes halogenated alkanes) is 1. The Labute approximate surface area is 114 Å². The number of ether oxygens (including phenoxy) is 1. The normalized spacial score (nSPS) is 18.8. The number of hydrogen-bond acceptors (Lipinski definition) is 6. The highest BCUT2D eigenvalue weighted by molar-refractivity contribution is 8.15. The van der Waals surface area contributed by atoms with E-state index in [1.807, 2.05) is 6.92 Å². The lowest BCUT2D eigenvalue weighted by molar-refractivity contribution is -0.145. The minimum Gasteiger partial charge on any atom is -0.466 e. The van der Waals surface area contributed by atoms with Crippen molar-refractivity contribution in [2.24, 2.45) is 5.73 Å². The van der Waals surface area contributed by atoms with E-state index in [0.717, 1.165) is 29.5 Å². The van der Waals surface area contributed by atoms with E-state index in [0.29, 0.717) is 6.61 Å². The second-order valence-electron chi connectivity index (χ2n) is 4.04. The number of carbonyl (C=O) groups is 4. The van der Waals surface area contributed by atoms with Crippen molar-refractivity contribution in [1.29, 1.82) is 0 Å². The molecule has 1 rings (SSSR count). The average Bonchev–Trinajstić information content (AvgIpc) is 2.57. The molecule has 1 aliphatic heterocycles. The van der Waals surface area contributed by atoms with Gasteiger partial charge in [-0.05, 0) is 6.42 Å². The van der Waals surface area contributed by atoms with Gasteiger partial charge in [-0.2, -0.15) is 0 Å². The summed E-state index contributed by atoms with van der Waals surface area (Å²) in [5, 5.41) is -1.38. The molecule has 19 heavy (non-hydrogen) atoms. The van der Waals surface area contributed by atoms with E-state index >= 15 is 0 Å². The van der Waals surface area contributed by atoms with Crippen LogP contribution in [0.3, 0.4) is 0 Å². The third-order valence-electron chi connectivity index (χ3n) is 2.43. The molecule has 0 aromatic rings. The van der Waals surface area contributed by atoms with Crippen LogP contribution in [0.5, 0.6) is 0 Å². The number of nitrogens with two attached hydrogens (primary N) is 1. The van der Waals surface area contributed by atoms with Crippen LogP contribution in [0.2, 0.25) is 0 Å². The van der Waals surface area contributed by atoms with Crippen molar-refractivity contribution in [2.45, 2.75) is 31.4 Å². The number of imide groups is 1. The number of primary amides is 1. The van der Waals surface area contributed by atoms with Crippen molar-refractivity contribution in [3.8, 4) is 0 Å². The molecule has 0 aliphatic carbocycles. The highest BCUT2D eigenvalue weighted by atomic mass is 32.2. The van der Waals surface area contributed by atoms with E-state index in [1.165, 1.54) is 0 Å². The van der Waals surface area contributed by atoms with Crippen LogP contribution >= 0.6 is 11.8 Å². The molecular formula is C11H16N2O5S. The maximum absolute atomic E-state index is 11.8. The fraction of sp³-hybridized carbons (Fsp3) is 0.636. The minimum atomic E-state index is -0.819. The molecule has 0 spiro atoms. The third-order valence-corrected chi connectivity index (χ3v) is 3.51. The molecule has 1 unspecified atom stereocenters. The van der Waals surface area contributed by atoms with Gasteiger partial charge < -0.3 is 10.5 Å². The van der Waals surface area contributed by atoms with Gasteiger partial charge in [0.2, 0.25) is 11.8 Å². The molecule has 0 saturated carbocycles. The molecule has 0 aromatic heterocycles. The lowest BCUT2D eigenvalue weighted by atomic mass is 10.2. The maximum atomic E-state index is 11.8. The molecule has 1 fully saturated rings. The summed E-state index contributed by atoms with van der Waals surface area (Å²) in [5.74, 6) is -1.86. The van der Waals surface area contributed by atoms with Gasteiger partial charge in [-0.1, -0.05) is 25.1 Å². The van der Waals surface area contributed by atoms with Crippen LogP contribution in [0.25, 0.3) is 0 Å². The van der Waals surface area contributed by atoms with Crippen molar-refractivity contribution in [1.82, 2.24) is 4.90 Å². The molecule has 1 aliphatic rings. The molecule has 1 saturated heterocycles. The zero-order chi connectivity index (χ0) is 14.4. The predicted octanol–water partition coefficient (Wildman–Crippen LogP) is 0.269. The van der Waals surface area contributed by atoms with Crippen LogP contribution < -0.4 is 5.73 Å². The SMILES string of the molecule is CCCCOC(=O)CC1SC(=O)N(CC(N)=O)C1=O. The van der Waals surface area contributed by atoms with Gasteiger partial charge in [0.1, 0.15) is 11.8 Å². The molecule has 0 aromatic carbocycles. The Morgan fingerprint density at radius 1 is 1.42 bits per heavy atom. The fourth-order valence-electron chi connectivity index (χ4n) is 1.47. The summed E-state index contributed by atoms with van der Waals surface area (Å²) in [7, 11) is 0. The van der Waals surface area contributed by atoms with Gasteiger partial charge in [0, 0.05) is 0 Å². The summed E-state index contributed by atoms with van der Waals surface area (Å²) < 4.78 is 4.92. The van der Waals surface area contributed by atoms with Gasteiger partial charge >= 0.3 is 5.97 Å². The number of hydrogen-bond donors (Lipinski definition) is 1. The standard InChI is InChI=1S/C11H16N2O5S/c1-2-3-4-18-9(15)5-7-10(16)13(6-8(12)14)11(17)19-7/h7H,2-6H2,1H3,(H2,12,14). The molecule has 7 nitrogen and oxygen atoms in total. The lowest BCUT2D eigenvalue weighted by Gasteiger charge is -2.11. The van der Waals surface area contributed by atoms with Gasteiger partial charge in [-0.3, -0.25) is 24.1 Å². The number of nitrogens with zero attached hydrogens (tertiary/aromatic N) is 1. The second-order valence-corrected chi connectivity index (χ2v) is 5.20. The van der Waals surface area contributed by atoms with Crippen LogP contribution in [-0.2, 0) is 19.1 Å². The maximum Gasteiger partial charge on any atom is 0.307 e. The average molecular weight is 288 g/mol. The van der Waals surface area contributed by atoms with Crippen LogP contribution in [0.15, 0.2) is 0 Å². The Kier molecular flexibility index (Phi) is 5.81. The second kappa shape index (κ2) is 7.13. The van der Waals surface area contributed by atoms with Gasteiger partial charge in [0.05, 0.1) is 13.0 Å². The highest BCUT2D eigenvalue weighted by Gasteiger charge is 2.41. The Morgan fingerprint density at radius 2 is 2.11 bits per heavy atom. The summed E-state index contributed by atoms with van der Waals surface area (Å²) in [6.45, 7) is 1.82. The molecule has 106 valence electrons. The first-order valence-electron chi connectivity index (χ1n) is 5.91. The first-order valence-corrected chi connectivity index (χ1v) is 6.79. The van der Waals surface area contributed by atoms with Crippen LogP contribution in [0.1, 0.15) is 26.2 Å². The summed E-state index contributed by atoms with van der Waals surface area (Å²) in [5.41, 5.74) is 4.94. The van der Waals surface area contributed by atoms with Crippen molar-refractivity contribution in [3.05, 3.63) is 0 Å². The van der Waals surface area contributed by atoms with Crippen LogP contribution in [0.4, 0.5) is 4.79 Å². The highest BCUT2D eigenvalue weighted by Crippen LogP contribution is 2.29. The predicted molar refractivity (Wildman–Crippen MR) is 68.2 cm³/mol. The van der Waals surface area contributed by atoms with Crippen molar-refractivity contribution < 1.29 is 23.9 Å². The Bertz CT molecular complexity index is 399. The van der Waals surface area contributed by atoms with Crippen molar-refractivity contribution in [2.75, 3.05) is 13.2 Å². The topological polar surface area (TPSA) is 107 Å². The molecule has 1 atom stereocenters. The minimum absolute atomic E-state index is 0.172. The Morgan fingerprint density at radius 3 is 2.68 bits per heavy atom. The number of carbonyl (C=O) groups excluding carboxylic acids is 4. The molecule has 0 radical (unpaired) electrons. The molecule has 2 N–H and O–H groups in total. The molecule has 1 heterocycles. The third kappa shape index (κ3) is 4.55. The summed E-state index contributed by atoms with van der Waals surface area (Å²) in [4.78, 5) is 46.2. The van der Waals surface area contributed by atoms with E-state index in [-0.39, 0.29) is 6.42 Å². The summed E-state index contributed by atoms with van der Waals surface area (Å²) in [6.07, 6.45) is 1.48. The number of esters is 1. The molecule has 8 heteroatoms. The van der Waals surface area contributed by atoms with Crippen molar-refractivity contribution in [3.63, 3.8) is 0 Å². The first kappa shape index (κ1) is 15.5. The van der Waals surface area contributed by atoms with E-state index < -0.39 is 34.8 Å².